The van der Waals surface area contributed by atoms with Crippen molar-refractivity contribution in [2.75, 3.05) is 31.2 Å². The number of rotatable bonds is 6. The van der Waals surface area contributed by atoms with Crippen LogP contribution in [0.15, 0.2) is 61.1 Å². The number of nitrogens with one attached hydrogen (secondary N) is 1. The van der Waals surface area contributed by atoms with Crippen LogP contribution in [-0.4, -0.2) is 53.2 Å². The van der Waals surface area contributed by atoms with E-state index in [1.807, 2.05) is 31.3 Å². The van der Waals surface area contributed by atoms with Gasteiger partial charge in [-0.05, 0) is 30.5 Å². The maximum atomic E-state index is 12.6. The minimum absolute atomic E-state index is 0.0164. The highest BCUT2D eigenvalue weighted by molar-refractivity contribution is 5.91. The monoisotopic (exact) mass is 441 g/mol. The maximum Gasteiger partial charge on any atom is 0.289 e. The van der Waals surface area contributed by atoms with Gasteiger partial charge in [-0.15, -0.1) is 0 Å². The van der Waals surface area contributed by atoms with Gasteiger partial charge in [0.25, 0.3) is 5.91 Å². The average Bonchev–Trinajstić information content (AvgIpc) is 3.28. The number of amides is 1. The lowest BCUT2D eigenvalue weighted by atomic mass is 10.0. The lowest BCUT2D eigenvalue weighted by molar-refractivity contribution is 0.0929. The second kappa shape index (κ2) is 9.50. The van der Waals surface area contributed by atoms with Gasteiger partial charge in [0.15, 0.2) is 0 Å². The van der Waals surface area contributed by atoms with Crippen molar-refractivity contribution in [3.05, 3.63) is 89.3 Å². The Balaban J connectivity index is 1.27. The van der Waals surface area contributed by atoms with Crippen molar-refractivity contribution in [1.82, 2.24) is 20.3 Å². The molecule has 33 heavy (non-hydrogen) atoms. The van der Waals surface area contributed by atoms with E-state index in [1.165, 1.54) is 5.56 Å². The van der Waals surface area contributed by atoms with Gasteiger partial charge >= 0.3 is 0 Å². The Morgan fingerprint density at radius 1 is 1.09 bits per heavy atom. The number of nitrogens with zero attached hydrogens (tertiary/aromatic N) is 4. The summed E-state index contributed by atoms with van der Waals surface area (Å²) in [5.41, 5.74) is 6.41. The number of pyridine rings is 1. The highest BCUT2D eigenvalue weighted by Gasteiger charge is 2.21. The minimum Gasteiger partial charge on any atom is -0.378 e. The van der Waals surface area contributed by atoms with E-state index >= 15 is 0 Å². The Labute approximate surface area is 193 Å². The molecule has 2 aliphatic rings. The first-order valence-electron chi connectivity index (χ1n) is 11.4. The Hall–Kier alpha value is -3.58. The largest absolute Gasteiger partial charge is 0.378 e. The molecule has 1 aliphatic heterocycles. The third kappa shape index (κ3) is 4.78. The van der Waals surface area contributed by atoms with Gasteiger partial charge in [0, 0.05) is 49.1 Å². The summed E-state index contributed by atoms with van der Waals surface area (Å²) in [6.45, 7) is 5.20. The van der Waals surface area contributed by atoms with Gasteiger partial charge in [-0.2, -0.15) is 0 Å². The molecule has 1 saturated heterocycles. The van der Waals surface area contributed by atoms with Gasteiger partial charge in [-0.25, -0.2) is 9.97 Å². The van der Waals surface area contributed by atoms with E-state index in [0.717, 1.165) is 67.2 Å². The van der Waals surface area contributed by atoms with Crippen LogP contribution in [0.5, 0.6) is 0 Å². The van der Waals surface area contributed by atoms with Crippen LogP contribution in [0.3, 0.4) is 0 Å². The first-order chi connectivity index (χ1) is 16.2. The number of hydrogen-bond donors (Lipinski definition) is 1. The molecule has 1 N–H and O–H groups in total. The summed E-state index contributed by atoms with van der Waals surface area (Å²) in [7, 11) is 0. The molecule has 1 atom stereocenters. The number of hydrogen-bond acceptors (Lipinski definition) is 6. The smallest absolute Gasteiger partial charge is 0.289 e. The standard InChI is InChI=1S/C26H27N5O2/c1-18(13-19-5-3-2-4-6-19)30-26(32)25-28-15-20(16-29-25)22-7-8-24-23(22)14-21(17-27-24)31-9-11-33-12-10-31/h2-7,14-18H,8-13H2,1H3,(H,30,32)/t18-/m1/s1. The third-order valence-corrected chi connectivity index (χ3v) is 6.05. The van der Waals surface area contributed by atoms with E-state index in [4.69, 9.17) is 4.74 Å². The number of allylic oxidation sites excluding steroid dienone is 1. The van der Waals surface area contributed by atoms with Crippen LogP contribution in [0.1, 0.15) is 39.9 Å². The molecular formula is C26H27N5O2. The molecule has 0 radical (unpaired) electrons. The van der Waals surface area contributed by atoms with Gasteiger partial charge in [-0.1, -0.05) is 36.4 Å². The summed E-state index contributed by atoms with van der Waals surface area (Å²) in [6, 6.07) is 12.3. The molecular weight excluding hydrogens is 414 g/mol. The van der Waals surface area contributed by atoms with Crippen molar-refractivity contribution in [2.45, 2.75) is 25.8 Å². The van der Waals surface area contributed by atoms with Crippen LogP contribution < -0.4 is 10.2 Å². The quantitative estimate of drug-likeness (QED) is 0.633. The molecule has 0 unspecified atom stereocenters. The average molecular weight is 442 g/mol. The fourth-order valence-electron chi connectivity index (χ4n) is 4.35. The summed E-state index contributed by atoms with van der Waals surface area (Å²) < 4.78 is 5.47. The Bertz CT molecular complexity index is 1160. The second-order valence-electron chi connectivity index (χ2n) is 8.47. The van der Waals surface area contributed by atoms with Crippen molar-refractivity contribution >= 4 is 17.2 Å². The van der Waals surface area contributed by atoms with Gasteiger partial charge in [-0.3, -0.25) is 9.78 Å². The van der Waals surface area contributed by atoms with Crippen molar-refractivity contribution in [3.8, 4) is 0 Å². The molecule has 1 aromatic carbocycles. The van der Waals surface area contributed by atoms with Gasteiger partial charge in [0.1, 0.15) is 0 Å². The minimum atomic E-state index is -0.262. The summed E-state index contributed by atoms with van der Waals surface area (Å²) >= 11 is 0. The Kier molecular flexibility index (Phi) is 6.13. The van der Waals surface area contributed by atoms with Crippen molar-refractivity contribution in [2.24, 2.45) is 0 Å². The van der Waals surface area contributed by atoms with E-state index in [9.17, 15) is 4.79 Å². The molecule has 3 aromatic rings. The zero-order valence-electron chi connectivity index (χ0n) is 18.7. The molecule has 0 bridgehead atoms. The Morgan fingerprint density at radius 3 is 2.61 bits per heavy atom. The maximum absolute atomic E-state index is 12.6. The number of aromatic nitrogens is 3. The summed E-state index contributed by atoms with van der Waals surface area (Å²) in [6.07, 6.45) is 9.10. The van der Waals surface area contributed by atoms with Crippen LogP contribution in [0.4, 0.5) is 5.69 Å². The number of fused-ring (bicyclic) bond motifs is 1. The number of carbonyl (C=O) groups is 1. The number of morpholine rings is 1. The predicted octanol–water partition coefficient (Wildman–Crippen LogP) is 3.06. The van der Waals surface area contributed by atoms with Gasteiger partial charge in [0.2, 0.25) is 5.82 Å². The van der Waals surface area contributed by atoms with Crippen LogP contribution >= 0.6 is 0 Å². The van der Waals surface area contributed by atoms with Crippen LogP contribution in [-0.2, 0) is 17.6 Å². The summed E-state index contributed by atoms with van der Waals surface area (Å²) in [5, 5.41) is 2.99. The van der Waals surface area contributed by atoms with Gasteiger partial charge < -0.3 is 15.0 Å². The Morgan fingerprint density at radius 2 is 1.85 bits per heavy atom. The molecule has 1 fully saturated rings. The van der Waals surface area contributed by atoms with E-state index < -0.39 is 0 Å². The predicted molar refractivity (Wildman–Crippen MR) is 127 cm³/mol. The number of anilines is 1. The molecule has 2 aromatic heterocycles. The molecule has 0 spiro atoms. The summed E-state index contributed by atoms with van der Waals surface area (Å²) in [5.74, 6) is -0.0836. The third-order valence-electron chi connectivity index (χ3n) is 6.05. The van der Waals surface area contributed by atoms with Crippen molar-refractivity contribution in [1.29, 1.82) is 0 Å². The molecule has 1 amide bonds. The lowest BCUT2D eigenvalue weighted by Crippen LogP contribution is -2.36. The highest BCUT2D eigenvalue weighted by Crippen LogP contribution is 2.33. The van der Waals surface area contributed by atoms with Crippen LogP contribution in [0.2, 0.25) is 0 Å². The lowest BCUT2D eigenvalue weighted by Gasteiger charge is -2.29. The van der Waals surface area contributed by atoms with Gasteiger partial charge in [0.05, 0.1) is 30.8 Å². The van der Waals surface area contributed by atoms with Crippen LogP contribution in [0.25, 0.3) is 5.57 Å². The fraction of sp³-hybridized carbons (Fsp3) is 0.308. The van der Waals surface area contributed by atoms with Crippen molar-refractivity contribution < 1.29 is 9.53 Å². The molecule has 3 heterocycles. The highest BCUT2D eigenvalue weighted by atomic mass is 16.5. The number of benzene rings is 1. The second-order valence-corrected chi connectivity index (χ2v) is 8.47. The van der Waals surface area contributed by atoms with E-state index in [1.54, 1.807) is 12.4 Å². The normalized spacial score (nSPS) is 16.2. The van der Waals surface area contributed by atoms with Crippen molar-refractivity contribution in [3.63, 3.8) is 0 Å². The molecule has 0 saturated carbocycles. The van der Waals surface area contributed by atoms with E-state index in [2.05, 4.69) is 49.4 Å². The van der Waals surface area contributed by atoms with Crippen LogP contribution in [0, 0.1) is 0 Å². The topological polar surface area (TPSA) is 80.2 Å². The fourth-order valence-corrected chi connectivity index (χ4v) is 4.35. The molecule has 7 nitrogen and oxygen atoms in total. The molecule has 1 aliphatic carbocycles. The molecule has 5 rings (SSSR count). The number of ether oxygens (including phenoxy) is 1. The summed E-state index contributed by atoms with van der Waals surface area (Å²) in [4.78, 5) is 28.3. The number of carbonyl (C=O) groups excluding carboxylic acids is 1. The molecule has 168 valence electrons. The van der Waals surface area contributed by atoms with E-state index in [-0.39, 0.29) is 17.8 Å². The zero-order valence-corrected chi connectivity index (χ0v) is 18.7. The first-order valence-corrected chi connectivity index (χ1v) is 11.4. The first kappa shape index (κ1) is 21.3. The zero-order chi connectivity index (χ0) is 22.6. The van der Waals surface area contributed by atoms with E-state index in [0.29, 0.717) is 0 Å². The SMILES string of the molecule is C[C@H](Cc1ccccc1)NC(=O)c1ncc(C2=CCc3ncc(N4CCOCC4)cc32)cn1. The molecule has 7 heteroatoms.